The van der Waals surface area contributed by atoms with Crippen LogP contribution in [0.2, 0.25) is 0 Å². The molecule has 0 saturated heterocycles. The Kier molecular flexibility index (Phi) is 8.28. The summed E-state index contributed by atoms with van der Waals surface area (Å²) in [5.41, 5.74) is -0.593. The third kappa shape index (κ3) is 5.64. The summed E-state index contributed by atoms with van der Waals surface area (Å²) in [6, 6.07) is 13.8. The molecule has 4 heteroatoms. The van der Waals surface area contributed by atoms with Crippen LogP contribution in [0.3, 0.4) is 0 Å². The van der Waals surface area contributed by atoms with Crippen molar-refractivity contribution in [2.45, 2.75) is 103 Å². The van der Waals surface area contributed by atoms with Gasteiger partial charge in [-0.05, 0) is 65.3 Å². The third-order valence-corrected chi connectivity index (χ3v) is 8.90. The van der Waals surface area contributed by atoms with Crippen molar-refractivity contribution < 1.29 is 17.9 Å². The first-order valence-corrected chi connectivity index (χ1v) is 13.6. The molecule has 2 saturated carbocycles. The zero-order chi connectivity index (χ0) is 24.2. The lowest BCUT2D eigenvalue weighted by Gasteiger charge is -2.50. The Morgan fingerprint density at radius 3 is 2.44 bits per heavy atom. The van der Waals surface area contributed by atoms with Crippen molar-refractivity contribution in [3.8, 4) is 0 Å². The van der Waals surface area contributed by atoms with Crippen LogP contribution in [0.25, 0.3) is 10.8 Å². The van der Waals surface area contributed by atoms with Crippen LogP contribution in [0.4, 0.5) is 13.2 Å². The van der Waals surface area contributed by atoms with Crippen LogP contribution >= 0.6 is 0 Å². The predicted molar refractivity (Wildman–Crippen MR) is 133 cm³/mol. The second kappa shape index (κ2) is 11.0. The number of benzene rings is 2. The molecule has 2 aliphatic rings. The highest BCUT2D eigenvalue weighted by atomic mass is 19.4. The van der Waals surface area contributed by atoms with Crippen molar-refractivity contribution >= 4 is 10.8 Å². The lowest BCUT2D eigenvalue weighted by Crippen LogP contribution is -2.49. The lowest BCUT2D eigenvalue weighted by atomic mass is 9.59. The van der Waals surface area contributed by atoms with E-state index in [1.54, 1.807) is 0 Å². The highest BCUT2D eigenvalue weighted by Crippen LogP contribution is 2.54. The number of rotatable bonds is 8. The second-order valence-electron chi connectivity index (χ2n) is 10.9. The Morgan fingerprint density at radius 2 is 1.68 bits per heavy atom. The van der Waals surface area contributed by atoms with Gasteiger partial charge in [0.2, 0.25) is 0 Å². The van der Waals surface area contributed by atoms with Crippen molar-refractivity contribution in [3.63, 3.8) is 0 Å². The van der Waals surface area contributed by atoms with E-state index in [2.05, 4.69) is 13.8 Å². The number of alkyl halides is 3. The molecule has 2 fully saturated rings. The SMILES string of the molecule is CCCCCC1CCCCC1C(C)C1CCCCC1(OC(F)(F)F)c1ccc2ccccc2c1. The van der Waals surface area contributed by atoms with Crippen molar-refractivity contribution in [3.05, 3.63) is 48.0 Å². The van der Waals surface area contributed by atoms with Gasteiger partial charge in [0.25, 0.3) is 0 Å². The van der Waals surface area contributed by atoms with Crippen LogP contribution < -0.4 is 0 Å². The largest absolute Gasteiger partial charge is 0.523 e. The molecule has 2 aromatic rings. The van der Waals surface area contributed by atoms with Crippen LogP contribution in [0, 0.1) is 23.7 Å². The van der Waals surface area contributed by atoms with Crippen LogP contribution in [0.15, 0.2) is 42.5 Å². The number of unbranched alkanes of at least 4 members (excludes halogenated alkanes) is 2. The van der Waals surface area contributed by atoms with Gasteiger partial charge in [-0.2, -0.15) is 0 Å². The molecule has 0 aliphatic heterocycles. The molecule has 2 aromatic carbocycles. The highest BCUT2D eigenvalue weighted by Gasteiger charge is 2.53. The molecule has 0 bridgehead atoms. The van der Waals surface area contributed by atoms with Crippen molar-refractivity contribution in [2.75, 3.05) is 0 Å². The molecule has 0 heterocycles. The van der Waals surface area contributed by atoms with Crippen molar-refractivity contribution in [2.24, 2.45) is 23.7 Å². The van der Waals surface area contributed by atoms with Gasteiger partial charge in [0.05, 0.1) is 0 Å². The maximum Gasteiger partial charge on any atom is 0.523 e. The summed E-state index contributed by atoms with van der Waals surface area (Å²) >= 11 is 0. The van der Waals surface area contributed by atoms with Gasteiger partial charge >= 0.3 is 6.36 Å². The van der Waals surface area contributed by atoms with E-state index in [1.807, 2.05) is 42.5 Å². The average Bonchev–Trinajstić information content (AvgIpc) is 2.83. The van der Waals surface area contributed by atoms with E-state index in [0.29, 0.717) is 23.8 Å². The zero-order valence-corrected chi connectivity index (χ0v) is 20.9. The van der Waals surface area contributed by atoms with E-state index in [4.69, 9.17) is 4.74 Å². The number of hydrogen-bond donors (Lipinski definition) is 0. The fourth-order valence-electron chi connectivity index (χ4n) is 7.30. The molecule has 0 radical (unpaired) electrons. The Bertz CT molecular complexity index is 923. The standard InChI is InChI=1S/C30H41F3O/c1-3-4-5-13-24-14-8-9-16-27(24)22(2)28-17-10-11-20-29(28,34-30(31,32)33)26-19-18-23-12-6-7-15-25(23)21-26/h6-7,12,15,18-19,21-22,24,27-28H,3-5,8-11,13-14,16-17,20H2,1-2H3. The number of fused-ring (bicyclic) bond motifs is 1. The van der Waals surface area contributed by atoms with E-state index < -0.39 is 12.0 Å². The summed E-state index contributed by atoms with van der Waals surface area (Å²) in [5.74, 6) is 1.21. The first-order chi connectivity index (χ1) is 16.3. The Hall–Kier alpha value is -1.55. The number of ether oxygens (including phenoxy) is 1. The van der Waals surface area contributed by atoms with Gasteiger partial charge in [-0.1, -0.05) is 108 Å². The average molecular weight is 475 g/mol. The smallest absolute Gasteiger partial charge is 0.280 e. The molecule has 1 nitrogen and oxygen atoms in total. The fraction of sp³-hybridized carbons (Fsp3) is 0.667. The molecule has 5 atom stereocenters. The molecular weight excluding hydrogens is 433 g/mol. The lowest BCUT2D eigenvalue weighted by molar-refractivity contribution is -0.387. The minimum Gasteiger partial charge on any atom is -0.280 e. The number of halogens is 3. The van der Waals surface area contributed by atoms with Gasteiger partial charge in [-0.15, -0.1) is 13.2 Å². The van der Waals surface area contributed by atoms with Gasteiger partial charge in [-0.25, -0.2) is 0 Å². The first kappa shape index (κ1) is 25.5. The predicted octanol–water partition coefficient (Wildman–Crippen LogP) is 9.78. The van der Waals surface area contributed by atoms with E-state index in [-0.39, 0.29) is 11.8 Å². The topological polar surface area (TPSA) is 9.23 Å². The Balaban J connectivity index is 1.71. The molecule has 34 heavy (non-hydrogen) atoms. The molecule has 0 amide bonds. The van der Waals surface area contributed by atoms with Gasteiger partial charge in [0.15, 0.2) is 0 Å². The number of hydrogen-bond acceptors (Lipinski definition) is 1. The normalized spacial score (nSPS) is 29.3. The van der Waals surface area contributed by atoms with Gasteiger partial charge < -0.3 is 0 Å². The van der Waals surface area contributed by atoms with E-state index in [0.717, 1.165) is 36.5 Å². The molecule has 0 N–H and O–H groups in total. The molecule has 4 rings (SSSR count). The molecule has 0 aromatic heterocycles. The van der Waals surface area contributed by atoms with Gasteiger partial charge in [0, 0.05) is 0 Å². The van der Waals surface area contributed by atoms with Crippen LogP contribution in [0.1, 0.15) is 96.5 Å². The third-order valence-electron chi connectivity index (χ3n) is 8.90. The maximum absolute atomic E-state index is 14.0. The fourth-order valence-corrected chi connectivity index (χ4v) is 7.30. The summed E-state index contributed by atoms with van der Waals surface area (Å²) in [5, 5.41) is 2.04. The van der Waals surface area contributed by atoms with Crippen molar-refractivity contribution in [1.29, 1.82) is 0 Å². The van der Waals surface area contributed by atoms with E-state index in [1.165, 1.54) is 44.9 Å². The molecule has 5 unspecified atom stereocenters. The van der Waals surface area contributed by atoms with Crippen LogP contribution in [-0.4, -0.2) is 6.36 Å². The molecular formula is C30H41F3O. The van der Waals surface area contributed by atoms with E-state index >= 15 is 0 Å². The monoisotopic (exact) mass is 474 g/mol. The van der Waals surface area contributed by atoms with Crippen LogP contribution in [-0.2, 0) is 10.3 Å². The van der Waals surface area contributed by atoms with Crippen LogP contribution in [0.5, 0.6) is 0 Å². The minimum absolute atomic E-state index is 0.124. The zero-order valence-electron chi connectivity index (χ0n) is 20.9. The molecule has 2 aliphatic carbocycles. The second-order valence-corrected chi connectivity index (χ2v) is 10.9. The summed E-state index contributed by atoms with van der Waals surface area (Å²) in [6.07, 6.45) is 8.11. The minimum atomic E-state index is -4.66. The van der Waals surface area contributed by atoms with Gasteiger partial charge in [0.1, 0.15) is 5.60 Å². The summed E-state index contributed by atoms with van der Waals surface area (Å²) in [6.45, 7) is 4.48. The Labute approximate surface area is 203 Å². The quantitative estimate of drug-likeness (QED) is 0.346. The Morgan fingerprint density at radius 1 is 0.941 bits per heavy atom. The van der Waals surface area contributed by atoms with E-state index in [9.17, 15) is 13.2 Å². The molecule has 0 spiro atoms. The summed E-state index contributed by atoms with van der Waals surface area (Å²) < 4.78 is 47.3. The van der Waals surface area contributed by atoms with Gasteiger partial charge in [-0.3, -0.25) is 4.74 Å². The summed E-state index contributed by atoms with van der Waals surface area (Å²) in [4.78, 5) is 0. The highest BCUT2D eigenvalue weighted by molar-refractivity contribution is 5.83. The van der Waals surface area contributed by atoms with Crippen molar-refractivity contribution in [1.82, 2.24) is 0 Å². The molecule has 188 valence electrons. The maximum atomic E-state index is 14.0. The summed E-state index contributed by atoms with van der Waals surface area (Å²) in [7, 11) is 0. The first-order valence-electron chi connectivity index (χ1n) is 13.6.